The molecule has 2 aliphatic heterocycles. The Balaban J connectivity index is 1.38. The number of ether oxygens (including phenoxy) is 1. The summed E-state index contributed by atoms with van der Waals surface area (Å²) in [6.45, 7) is 3.13. The second-order valence-electron chi connectivity index (χ2n) is 8.24. The van der Waals surface area contributed by atoms with Gasteiger partial charge < -0.3 is 24.3 Å². The first kappa shape index (κ1) is 22.5. The lowest BCUT2D eigenvalue weighted by Crippen LogP contribution is -2.48. The average molecular weight is 473 g/mol. The number of piperazine rings is 1. The zero-order valence-corrected chi connectivity index (χ0v) is 19.2. The van der Waals surface area contributed by atoms with Gasteiger partial charge in [-0.25, -0.2) is 4.79 Å². The molecular weight excluding hydrogens is 448 g/mol. The Kier molecular flexibility index (Phi) is 6.12. The maximum atomic E-state index is 11.1. The van der Waals surface area contributed by atoms with Crippen LogP contribution < -0.4 is 4.74 Å². The first-order valence-corrected chi connectivity index (χ1v) is 11.3. The van der Waals surface area contributed by atoms with E-state index in [2.05, 4.69) is 27.0 Å². The zero-order valence-electron chi connectivity index (χ0n) is 19.2. The fourth-order valence-corrected chi connectivity index (χ4v) is 4.23. The van der Waals surface area contributed by atoms with Crippen molar-refractivity contribution in [1.82, 2.24) is 9.80 Å². The summed E-state index contributed by atoms with van der Waals surface area (Å²) in [6.07, 6.45) is 1.40. The lowest BCUT2D eigenvalue weighted by molar-refractivity contribution is 0.106. The molecule has 1 fully saturated rings. The molecule has 1 amide bonds. The van der Waals surface area contributed by atoms with Crippen LogP contribution in [0, 0.1) is 11.8 Å². The Labute approximate surface area is 201 Å². The molecule has 0 unspecified atom stereocenters. The molecule has 0 bridgehead atoms. The molecular formula is C26H24N4O5. The number of hydrogen-bond donors (Lipinski definition) is 2. The number of rotatable bonds is 4. The summed E-state index contributed by atoms with van der Waals surface area (Å²) in [7, 11) is 1.57. The molecule has 5 rings (SSSR count). The van der Waals surface area contributed by atoms with Gasteiger partial charge >= 0.3 is 6.09 Å². The average Bonchev–Trinajstić information content (AvgIpc) is 3.43. The van der Waals surface area contributed by atoms with Crippen LogP contribution in [0.3, 0.4) is 0 Å². The number of azo groups is 1. The van der Waals surface area contributed by atoms with Crippen molar-refractivity contribution in [2.24, 2.45) is 10.2 Å². The number of methoxy groups -OCH3 is 1. The topological polar surface area (TPSA) is 111 Å². The Hall–Kier alpha value is -4.29. The quantitative estimate of drug-likeness (QED) is 0.529. The SMILES string of the molecule is COc1ccc2c(O)c(C=C3N=Nc4ccccc43)oc2c1C#CCCN1CCN(C(=O)O)CC1. The van der Waals surface area contributed by atoms with E-state index in [1.54, 1.807) is 25.3 Å². The summed E-state index contributed by atoms with van der Waals surface area (Å²) in [4.78, 5) is 14.7. The minimum Gasteiger partial charge on any atom is -0.504 e. The number of furan rings is 1. The highest BCUT2D eigenvalue weighted by Crippen LogP contribution is 2.41. The summed E-state index contributed by atoms with van der Waals surface area (Å²) < 4.78 is 11.5. The van der Waals surface area contributed by atoms with Crippen molar-refractivity contribution in [1.29, 1.82) is 0 Å². The van der Waals surface area contributed by atoms with Crippen LogP contribution in [0.2, 0.25) is 0 Å². The summed E-state index contributed by atoms with van der Waals surface area (Å²) in [5.41, 5.74) is 3.26. The largest absolute Gasteiger partial charge is 0.504 e. The normalized spacial score (nSPS) is 16.4. The lowest BCUT2D eigenvalue weighted by atomic mass is 10.1. The molecule has 2 aliphatic rings. The molecule has 178 valence electrons. The number of carboxylic acid groups (broad SMARTS) is 1. The molecule has 2 aromatic carbocycles. The van der Waals surface area contributed by atoms with E-state index < -0.39 is 6.09 Å². The van der Waals surface area contributed by atoms with E-state index in [0.29, 0.717) is 60.6 Å². The van der Waals surface area contributed by atoms with Crippen molar-refractivity contribution in [3.05, 3.63) is 53.3 Å². The van der Waals surface area contributed by atoms with Crippen LogP contribution >= 0.6 is 0 Å². The molecule has 1 aromatic heterocycles. The van der Waals surface area contributed by atoms with Crippen molar-refractivity contribution in [2.75, 3.05) is 39.8 Å². The number of fused-ring (bicyclic) bond motifs is 2. The molecule has 0 saturated carbocycles. The standard InChI is InChI=1S/C26H24N4O5/c1-34-22-10-9-19-24(31)23(16-21-17-6-2-3-8-20(17)27-28-21)35-25(19)18(22)7-4-5-11-29-12-14-30(15-13-29)26(32)33/h2-3,6,8-10,16,31H,5,11-15H2,1H3,(H,32,33). The second kappa shape index (κ2) is 9.52. The number of nitrogens with zero attached hydrogens (tertiary/aromatic N) is 4. The number of carbonyl (C=O) groups is 1. The molecule has 3 heterocycles. The minimum absolute atomic E-state index is 0.00841. The summed E-state index contributed by atoms with van der Waals surface area (Å²) in [6, 6.07) is 11.1. The van der Waals surface area contributed by atoms with Crippen molar-refractivity contribution in [3.8, 4) is 23.3 Å². The van der Waals surface area contributed by atoms with Crippen LogP contribution in [0.5, 0.6) is 11.5 Å². The van der Waals surface area contributed by atoms with Gasteiger partial charge in [0.2, 0.25) is 0 Å². The van der Waals surface area contributed by atoms with Gasteiger partial charge in [-0.15, -0.1) is 10.2 Å². The predicted molar refractivity (Wildman–Crippen MR) is 131 cm³/mol. The maximum absolute atomic E-state index is 11.1. The highest BCUT2D eigenvalue weighted by Gasteiger charge is 2.21. The van der Waals surface area contributed by atoms with Gasteiger partial charge in [-0.3, -0.25) is 4.90 Å². The Morgan fingerprint density at radius 1 is 1.17 bits per heavy atom. The molecule has 0 spiro atoms. The van der Waals surface area contributed by atoms with E-state index in [9.17, 15) is 9.90 Å². The Bertz CT molecular complexity index is 1400. The van der Waals surface area contributed by atoms with Crippen molar-refractivity contribution in [2.45, 2.75) is 6.42 Å². The lowest BCUT2D eigenvalue weighted by Gasteiger charge is -2.32. The third-order valence-electron chi connectivity index (χ3n) is 6.16. The highest BCUT2D eigenvalue weighted by atomic mass is 16.5. The zero-order chi connectivity index (χ0) is 24.4. The van der Waals surface area contributed by atoms with Gasteiger partial charge in [0.25, 0.3) is 0 Å². The van der Waals surface area contributed by atoms with Gasteiger partial charge in [0.15, 0.2) is 17.1 Å². The molecule has 0 atom stereocenters. The van der Waals surface area contributed by atoms with Gasteiger partial charge in [-0.05, 0) is 18.2 Å². The molecule has 35 heavy (non-hydrogen) atoms. The molecule has 9 nitrogen and oxygen atoms in total. The maximum Gasteiger partial charge on any atom is 0.407 e. The van der Waals surface area contributed by atoms with Crippen LogP contribution in [0.1, 0.15) is 23.3 Å². The molecule has 9 heteroatoms. The third kappa shape index (κ3) is 4.44. The van der Waals surface area contributed by atoms with Gasteiger partial charge in [0, 0.05) is 50.8 Å². The molecule has 3 aromatic rings. The predicted octanol–water partition coefficient (Wildman–Crippen LogP) is 4.78. The van der Waals surface area contributed by atoms with E-state index in [1.165, 1.54) is 4.90 Å². The van der Waals surface area contributed by atoms with Gasteiger partial charge in [-0.2, -0.15) is 0 Å². The van der Waals surface area contributed by atoms with Crippen LogP contribution in [-0.4, -0.2) is 65.9 Å². The van der Waals surface area contributed by atoms with E-state index >= 15 is 0 Å². The number of hydrogen-bond acceptors (Lipinski definition) is 7. The Morgan fingerprint density at radius 2 is 1.97 bits per heavy atom. The van der Waals surface area contributed by atoms with E-state index in [1.807, 2.05) is 24.3 Å². The molecule has 0 aliphatic carbocycles. The molecule has 0 radical (unpaired) electrons. The van der Waals surface area contributed by atoms with Crippen LogP contribution in [0.4, 0.5) is 10.5 Å². The van der Waals surface area contributed by atoms with Crippen LogP contribution in [0.25, 0.3) is 22.7 Å². The smallest absolute Gasteiger partial charge is 0.407 e. The van der Waals surface area contributed by atoms with Gasteiger partial charge in [0.1, 0.15) is 11.3 Å². The Morgan fingerprint density at radius 3 is 2.74 bits per heavy atom. The summed E-state index contributed by atoms with van der Waals surface area (Å²) in [5, 5.41) is 28.8. The second-order valence-corrected chi connectivity index (χ2v) is 8.24. The number of aromatic hydroxyl groups is 1. The summed E-state index contributed by atoms with van der Waals surface area (Å²) in [5.74, 6) is 7.16. The van der Waals surface area contributed by atoms with Crippen LogP contribution in [-0.2, 0) is 0 Å². The minimum atomic E-state index is -0.874. The van der Waals surface area contributed by atoms with Crippen molar-refractivity contribution < 1.29 is 24.2 Å². The molecule has 2 N–H and O–H groups in total. The van der Waals surface area contributed by atoms with Gasteiger partial charge in [-0.1, -0.05) is 30.0 Å². The van der Waals surface area contributed by atoms with Gasteiger partial charge in [0.05, 0.1) is 23.9 Å². The number of amides is 1. The fraction of sp³-hybridized carbons (Fsp3) is 0.269. The monoisotopic (exact) mass is 472 g/mol. The van der Waals surface area contributed by atoms with Crippen molar-refractivity contribution >= 4 is 34.5 Å². The third-order valence-corrected chi connectivity index (χ3v) is 6.16. The van der Waals surface area contributed by atoms with E-state index in [4.69, 9.17) is 14.3 Å². The fourth-order valence-electron chi connectivity index (χ4n) is 4.23. The van der Waals surface area contributed by atoms with E-state index in [0.717, 1.165) is 17.8 Å². The molecule has 1 saturated heterocycles. The highest BCUT2D eigenvalue weighted by molar-refractivity contribution is 5.96. The van der Waals surface area contributed by atoms with Crippen LogP contribution in [0.15, 0.2) is 51.0 Å². The first-order valence-electron chi connectivity index (χ1n) is 11.3. The van der Waals surface area contributed by atoms with Crippen molar-refractivity contribution in [3.63, 3.8) is 0 Å². The van der Waals surface area contributed by atoms with E-state index in [-0.39, 0.29) is 11.5 Å². The number of benzene rings is 2. The summed E-state index contributed by atoms with van der Waals surface area (Å²) >= 11 is 0. The first-order chi connectivity index (χ1) is 17.0.